The lowest BCUT2D eigenvalue weighted by molar-refractivity contribution is -0.139. The highest BCUT2D eigenvalue weighted by Gasteiger charge is 2.07. The predicted octanol–water partition coefficient (Wildman–Crippen LogP) is 1.73. The van der Waals surface area contributed by atoms with Gasteiger partial charge in [-0.2, -0.15) is 0 Å². The van der Waals surface area contributed by atoms with Crippen molar-refractivity contribution in [1.29, 1.82) is 0 Å². The van der Waals surface area contributed by atoms with Gasteiger partial charge in [0.15, 0.2) is 0 Å². The molecule has 0 atom stereocenters. The Morgan fingerprint density at radius 3 is 2.47 bits per heavy atom. The topological polar surface area (TPSA) is 55.4 Å². The van der Waals surface area contributed by atoms with Crippen LogP contribution < -0.4 is 5.32 Å². The molecule has 0 aromatic heterocycles. The summed E-state index contributed by atoms with van der Waals surface area (Å²) in [5, 5.41) is 2.61. The van der Waals surface area contributed by atoms with E-state index in [4.69, 9.17) is 0 Å². The molecule has 0 aliphatic heterocycles. The van der Waals surface area contributed by atoms with Gasteiger partial charge >= 0.3 is 5.97 Å². The lowest BCUT2D eigenvalue weighted by atomic mass is 10.1. The third-order valence-electron chi connectivity index (χ3n) is 2.04. The van der Waals surface area contributed by atoms with E-state index in [1.54, 1.807) is 6.08 Å². The second kappa shape index (κ2) is 6.48. The standard InChI is InChI=1S/C13H15NO3/c1-10(15)14-12(9-13(16)17-2)8-11-6-4-3-5-7-11/h3-8H,9H2,1-2H3,(H,14,15)/b12-8-. The molecule has 17 heavy (non-hydrogen) atoms. The van der Waals surface area contributed by atoms with E-state index in [1.165, 1.54) is 14.0 Å². The van der Waals surface area contributed by atoms with Gasteiger partial charge in [-0.15, -0.1) is 0 Å². The maximum atomic E-state index is 11.2. The molecule has 0 radical (unpaired) electrons. The van der Waals surface area contributed by atoms with Gasteiger partial charge in [-0.3, -0.25) is 9.59 Å². The number of hydrogen-bond donors (Lipinski definition) is 1. The molecule has 1 N–H and O–H groups in total. The van der Waals surface area contributed by atoms with Crippen LogP contribution in [0.2, 0.25) is 0 Å². The van der Waals surface area contributed by atoms with Crippen LogP contribution in [0.15, 0.2) is 36.0 Å². The molecule has 0 bridgehead atoms. The fourth-order valence-electron chi connectivity index (χ4n) is 1.34. The molecular weight excluding hydrogens is 218 g/mol. The summed E-state index contributed by atoms with van der Waals surface area (Å²) < 4.78 is 4.57. The second-order valence-corrected chi connectivity index (χ2v) is 3.51. The Hall–Kier alpha value is -2.10. The molecule has 1 aromatic rings. The second-order valence-electron chi connectivity index (χ2n) is 3.51. The Morgan fingerprint density at radius 1 is 1.29 bits per heavy atom. The smallest absolute Gasteiger partial charge is 0.311 e. The van der Waals surface area contributed by atoms with Gasteiger partial charge in [0.05, 0.1) is 13.5 Å². The van der Waals surface area contributed by atoms with Crippen LogP contribution in [0, 0.1) is 0 Å². The molecule has 0 saturated heterocycles. The van der Waals surface area contributed by atoms with Gasteiger partial charge in [-0.05, 0) is 11.6 Å². The van der Waals surface area contributed by atoms with Crippen LogP contribution in [-0.4, -0.2) is 19.0 Å². The number of carbonyl (C=O) groups is 2. The van der Waals surface area contributed by atoms with Crippen LogP contribution in [0.1, 0.15) is 18.9 Å². The zero-order valence-corrected chi connectivity index (χ0v) is 9.90. The van der Waals surface area contributed by atoms with Gasteiger partial charge in [0.1, 0.15) is 0 Å². The van der Waals surface area contributed by atoms with Gasteiger partial charge in [-0.1, -0.05) is 30.3 Å². The minimum Gasteiger partial charge on any atom is -0.469 e. The summed E-state index contributed by atoms with van der Waals surface area (Å²) in [5.74, 6) is -0.600. The Morgan fingerprint density at radius 2 is 1.94 bits per heavy atom. The highest BCUT2D eigenvalue weighted by Crippen LogP contribution is 2.08. The number of amides is 1. The monoisotopic (exact) mass is 233 g/mol. The Labute approximate surface area is 100 Å². The molecule has 1 amide bonds. The van der Waals surface area contributed by atoms with Crippen molar-refractivity contribution in [2.24, 2.45) is 0 Å². The van der Waals surface area contributed by atoms with E-state index in [0.717, 1.165) is 5.56 Å². The van der Waals surface area contributed by atoms with Crippen LogP contribution in [0.4, 0.5) is 0 Å². The number of benzene rings is 1. The molecule has 1 rings (SSSR count). The largest absolute Gasteiger partial charge is 0.469 e. The molecule has 0 spiro atoms. The van der Waals surface area contributed by atoms with Crippen LogP contribution in [0.25, 0.3) is 6.08 Å². The van der Waals surface area contributed by atoms with Gasteiger partial charge in [0.25, 0.3) is 0 Å². The minimum atomic E-state index is -0.388. The summed E-state index contributed by atoms with van der Waals surface area (Å²) in [6, 6.07) is 9.44. The van der Waals surface area contributed by atoms with E-state index in [2.05, 4.69) is 10.1 Å². The summed E-state index contributed by atoms with van der Waals surface area (Å²) >= 11 is 0. The van der Waals surface area contributed by atoms with Crippen molar-refractivity contribution in [2.75, 3.05) is 7.11 Å². The third-order valence-corrected chi connectivity index (χ3v) is 2.04. The maximum absolute atomic E-state index is 11.2. The average Bonchev–Trinajstić information content (AvgIpc) is 2.29. The Kier molecular flexibility index (Phi) is 4.94. The van der Waals surface area contributed by atoms with Crippen LogP contribution in [-0.2, 0) is 14.3 Å². The number of methoxy groups -OCH3 is 1. The number of rotatable bonds is 4. The first kappa shape index (κ1) is 13.0. The van der Waals surface area contributed by atoms with Gasteiger partial charge < -0.3 is 10.1 Å². The summed E-state index contributed by atoms with van der Waals surface area (Å²) in [6.45, 7) is 1.40. The van der Waals surface area contributed by atoms with Crippen LogP contribution in [0.3, 0.4) is 0 Å². The number of esters is 1. The SMILES string of the molecule is COC(=O)C/C(=C/c1ccccc1)NC(C)=O. The van der Waals surface area contributed by atoms with Crippen LogP contribution >= 0.6 is 0 Å². The molecule has 1 aromatic carbocycles. The first-order valence-electron chi connectivity index (χ1n) is 5.22. The fourth-order valence-corrected chi connectivity index (χ4v) is 1.34. The lowest BCUT2D eigenvalue weighted by Gasteiger charge is -2.07. The lowest BCUT2D eigenvalue weighted by Crippen LogP contribution is -2.21. The highest BCUT2D eigenvalue weighted by molar-refractivity contribution is 5.80. The zero-order valence-electron chi connectivity index (χ0n) is 9.90. The molecule has 90 valence electrons. The van der Waals surface area contributed by atoms with E-state index in [9.17, 15) is 9.59 Å². The molecule has 0 fully saturated rings. The molecule has 0 saturated carbocycles. The molecule has 0 heterocycles. The van der Waals surface area contributed by atoms with E-state index >= 15 is 0 Å². The molecule has 0 unspecified atom stereocenters. The van der Waals surface area contributed by atoms with Crippen molar-refractivity contribution in [3.8, 4) is 0 Å². The molecule has 0 aliphatic rings. The van der Waals surface area contributed by atoms with Crippen molar-refractivity contribution >= 4 is 18.0 Å². The number of nitrogens with one attached hydrogen (secondary N) is 1. The van der Waals surface area contributed by atoms with E-state index in [0.29, 0.717) is 5.70 Å². The number of hydrogen-bond acceptors (Lipinski definition) is 3. The maximum Gasteiger partial charge on any atom is 0.311 e. The highest BCUT2D eigenvalue weighted by atomic mass is 16.5. The summed E-state index contributed by atoms with van der Waals surface area (Å²) in [4.78, 5) is 22.2. The quantitative estimate of drug-likeness (QED) is 0.806. The third kappa shape index (κ3) is 4.97. The summed E-state index contributed by atoms with van der Waals surface area (Å²) in [6.07, 6.45) is 1.79. The molecule has 4 heteroatoms. The molecule has 4 nitrogen and oxygen atoms in total. The number of carbonyl (C=O) groups excluding carboxylic acids is 2. The Balaban J connectivity index is 2.85. The zero-order chi connectivity index (χ0) is 12.7. The molecular formula is C13H15NO3. The predicted molar refractivity (Wildman–Crippen MR) is 64.9 cm³/mol. The summed E-state index contributed by atoms with van der Waals surface area (Å²) in [7, 11) is 1.32. The van der Waals surface area contributed by atoms with E-state index < -0.39 is 0 Å². The minimum absolute atomic E-state index is 0.0466. The van der Waals surface area contributed by atoms with Crippen molar-refractivity contribution in [2.45, 2.75) is 13.3 Å². The average molecular weight is 233 g/mol. The van der Waals surface area contributed by atoms with Crippen molar-refractivity contribution in [3.63, 3.8) is 0 Å². The van der Waals surface area contributed by atoms with Gasteiger partial charge in [0, 0.05) is 12.6 Å². The number of ether oxygens (including phenoxy) is 1. The first-order valence-corrected chi connectivity index (χ1v) is 5.22. The van der Waals surface area contributed by atoms with Crippen molar-refractivity contribution < 1.29 is 14.3 Å². The van der Waals surface area contributed by atoms with E-state index in [-0.39, 0.29) is 18.3 Å². The Bertz CT molecular complexity index is 424. The van der Waals surface area contributed by atoms with E-state index in [1.807, 2.05) is 30.3 Å². The van der Waals surface area contributed by atoms with Gasteiger partial charge in [0.2, 0.25) is 5.91 Å². The normalized spacial score (nSPS) is 10.8. The van der Waals surface area contributed by atoms with Crippen molar-refractivity contribution in [3.05, 3.63) is 41.6 Å². The molecule has 0 aliphatic carbocycles. The first-order chi connectivity index (χ1) is 8.11. The van der Waals surface area contributed by atoms with Gasteiger partial charge in [-0.25, -0.2) is 0 Å². The van der Waals surface area contributed by atoms with Crippen molar-refractivity contribution in [1.82, 2.24) is 5.32 Å². The van der Waals surface area contributed by atoms with Crippen LogP contribution in [0.5, 0.6) is 0 Å². The fraction of sp³-hybridized carbons (Fsp3) is 0.231. The summed E-state index contributed by atoms with van der Waals surface area (Å²) in [5.41, 5.74) is 1.44.